The Labute approximate surface area is 126 Å². The van der Waals surface area contributed by atoms with E-state index in [0.717, 1.165) is 31.7 Å². The first-order chi connectivity index (χ1) is 8.66. The van der Waals surface area contributed by atoms with E-state index in [1.54, 1.807) is 6.20 Å². The lowest BCUT2D eigenvalue weighted by molar-refractivity contribution is 0.0962. The predicted octanol–water partition coefficient (Wildman–Crippen LogP) is 4.58. The van der Waals surface area contributed by atoms with Gasteiger partial charge in [-0.2, -0.15) is 0 Å². The highest BCUT2D eigenvalue weighted by molar-refractivity contribution is 9.13. The van der Waals surface area contributed by atoms with Crippen LogP contribution in [0, 0.1) is 0 Å². The molecule has 0 saturated heterocycles. The van der Waals surface area contributed by atoms with Crippen molar-refractivity contribution in [2.24, 2.45) is 0 Å². The molecule has 0 bridgehead atoms. The minimum Gasteiger partial charge on any atom is -0.293 e. The molecule has 0 fully saturated rings. The van der Waals surface area contributed by atoms with Crippen molar-refractivity contribution in [1.82, 2.24) is 4.98 Å². The fourth-order valence-corrected chi connectivity index (χ4v) is 4.34. The smallest absolute Gasteiger partial charge is 0.181 e. The number of hydrogen-bond acceptors (Lipinski definition) is 3. The number of nitrogens with zero attached hydrogens (tertiary/aromatic N) is 1. The molecule has 5 heteroatoms. The third kappa shape index (κ3) is 2.08. The Balaban J connectivity index is 1.95. The SMILES string of the molecule is O=C(c1cc(Br)c(Br)s1)C1CCc2cccnc21. The summed E-state index contributed by atoms with van der Waals surface area (Å²) in [7, 11) is 0. The van der Waals surface area contributed by atoms with Gasteiger partial charge in [0.1, 0.15) is 0 Å². The van der Waals surface area contributed by atoms with E-state index in [4.69, 9.17) is 0 Å². The van der Waals surface area contributed by atoms with Crippen molar-refractivity contribution >= 4 is 49.0 Å². The Kier molecular flexibility index (Phi) is 3.38. The van der Waals surface area contributed by atoms with Crippen molar-refractivity contribution in [3.05, 3.63) is 48.8 Å². The minimum atomic E-state index is -0.0707. The molecule has 18 heavy (non-hydrogen) atoms. The summed E-state index contributed by atoms with van der Waals surface area (Å²) in [6, 6.07) is 5.89. The van der Waals surface area contributed by atoms with Crippen LogP contribution in [0.3, 0.4) is 0 Å². The molecule has 0 radical (unpaired) electrons. The van der Waals surface area contributed by atoms with Crippen molar-refractivity contribution in [2.45, 2.75) is 18.8 Å². The normalized spacial score (nSPS) is 17.8. The van der Waals surface area contributed by atoms with Gasteiger partial charge in [0.15, 0.2) is 5.78 Å². The Morgan fingerprint density at radius 3 is 3.00 bits per heavy atom. The molecule has 2 heterocycles. The number of carbonyl (C=O) groups is 1. The third-order valence-electron chi connectivity index (χ3n) is 3.16. The summed E-state index contributed by atoms with van der Waals surface area (Å²) in [5.41, 5.74) is 2.17. The molecule has 1 atom stereocenters. The van der Waals surface area contributed by atoms with Crippen LogP contribution in [0.2, 0.25) is 0 Å². The van der Waals surface area contributed by atoms with Crippen molar-refractivity contribution in [3.63, 3.8) is 0 Å². The molecule has 1 unspecified atom stereocenters. The third-order valence-corrected chi connectivity index (χ3v) is 6.43. The number of Topliss-reactive ketones (excluding diaryl/α,β-unsaturated/α-hetero) is 1. The molecular formula is C13H9Br2NOS. The maximum Gasteiger partial charge on any atom is 0.181 e. The van der Waals surface area contributed by atoms with Crippen LogP contribution >= 0.6 is 43.2 Å². The summed E-state index contributed by atoms with van der Waals surface area (Å²) < 4.78 is 1.90. The molecule has 0 spiro atoms. The van der Waals surface area contributed by atoms with Gasteiger partial charge in [0.25, 0.3) is 0 Å². The summed E-state index contributed by atoms with van der Waals surface area (Å²) in [4.78, 5) is 17.7. The number of aryl methyl sites for hydroxylation is 1. The van der Waals surface area contributed by atoms with Gasteiger partial charge in [-0.15, -0.1) is 11.3 Å². The van der Waals surface area contributed by atoms with Crippen LogP contribution in [0.1, 0.15) is 33.3 Å². The monoisotopic (exact) mass is 385 g/mol. The number of halogens is 2. The molecule has 2 aromatic rings. The lowest BCUT2D eigenvalue weighted by Gasteiger charge is -2.07. The van der Waals surface area contributed by atoms with Crippen molar-refractivity contribution in [2.75, 3.05) is 0 Å². The zero-order valence-corrected chi connectivity index (χ0v) is 13.3. The predicted molar refractivity (Wildman–Crippen MR) is 79.3 cm³/mol. The van der Waals surface area contributed by atoms with E-state index in [-0.39, 0.29) is 11.7 Å². The molecule has 0 saturated carbocycles. The topological polar surface area (TPSA) is 30.0 Å². The summed E-state index contributed by atoms with van der Waals surface area (Å²) in [5.74, 6) is 0.113. The fourth-order valence-electron chi connectivity index (χ4n) is 2.31. The second-order valence-electron chi connectivity index (χ2n) is 4.24. The molecular weight excluding hydrogens is 378 g/mol. The van der Waals surface area contributed by atoms with E-state index in [1.807, 2.05) is 12.1 Å². The first kappa shape index (κ1) is 12.5. The van der Waals surface area contributed by atoms with Crippen LogP contribution in [0.25, 0.3) is 0 Å². The van der Waals surface area contributed by atoms with Crippen LogP contribution in [0.15, 0.2) is 32.7 Å². The summed E-state index contributed by atoms with van der Waals surface area (Å²) in [6.07, 6.45) is 3.59. The molecule has 0 aliphatic heterocycles. The lowest BCUT2D eigenvalue weighted by atomic mass is 10.0. The van der Waals surface area contributed by atoms with E-state index in [0.29, 0.717) is 0 Å². The molecule has 92 valence electrons. The molecule has 2 nitrogen and oxygen atoms in total. The molecule has 2 aromatic heterocycles. The van der Waals surface area contributed by atoms with E-state index >= 15 is 0 Å². The van der Waals surface area contributed by atoms with Gasteiger partial charge in [0.2, 0.25) is 0 Å². The minimum absolute atomic E-state index is 0.0707. The quantitative estimate of drug-likeness (QED) is 0.707. The van der Waals surface area contributed by atoms with Gasteiger partial charge in [-0.05, 0) is 62.4 Å². The van der Waals surface area contributed by atoms with Crippen molar-refractivity contribution < 1.29 is 4.79 Å². The average Bonchev–Trinajstić information content (AvgIpc) is 2.93. The standard InChI is InChI=1S/C13H9Br2NOS/c14-9-6-10(18-13(9)15)12(17)8-4-3-7-2-1-5-16-11(7)8/h1-2,5-6,8H,3-4H2. The highest BCUT2D eigenvalue weighted by Crippen LogP contribution is 2.38. The fraction of sp³-hybridized carbons (Fsp3) is 0.231. The van der Waals surface area contributed by atoms with Crippen molar-refractivity contribution in [3.8, 4) is 0 Å². The van der Waals surface area contributed by atoms with Gasteiger partial charge in [0.05, 0.1) is 20.3 Å². The maximum atomic E-state index is 12.5. The van der Waals surface area contributed by atoms with Crippen LogP contribution < -0.4 is 0 Å². The maximum absolute atomic E-state index is 12.5. The zero-order chi connectivity index (χ0) is 12.7. The number of carbonyl (C=O) groups excluding carboxylic acids is 1. The molecule has 0 aromatic carbocycles. The van der Waals surface area contributed by atoms with Gasteiger partial charge < -0.3 is 0 Å². The van der Waals surface area contributed by atoms with E-state index in [9.17, 15) is 4.79 Å². The van der Waals surface area contributed by atoms with Gasteiger partial charge in [-0.1, -0.05) is 6.07 Å². The summed E-state index contributed by atoms with van der Waals surface area (Å²) >= 11 is 8.33. The molecule has 1 aliphatic rings. The second-order valence-corrected chi connectivity index (χ2v) is 7.46. The second kappa shape index (κ2) is 4.87. The van der Waals surface area contributed by atoms with Gasteiger partial charge in [0, 0.05) is 10.7 Å². The zero-order valence-electron chi connectivity index (χ0n) is 9.32. The van der Waals surface area contributed by atoms with Gasteiger partial charge in [-0.3, -0.25) is 9.78 Å². The van der Waals surface area contributed by atoms with Crippen LogP contribution in [-0.2, 0) is 6.42 Å². The molecule has 1 aliphatic carbocycles. The van der Waals surface area contributed by atoms with E-state index in [1.165, 1.54) is 16.9 Å². The highest BCUT2D eigenvalue weighted by Gasteiger charge is 2.31. The number of fused-ring (bicyclic) bond motifs is 1. The number of pyridine rings is 1. The molecule has 0 N–H and O–H groups in total. The number of ketones is 1. The lowest BCUT2D eigenvalue weighted by Crippen LogP contribution is -2.09. The largest absolute Gasteiger partial charge is 0.293 e. The van der Waals surface area contributed by atoms with E-state index in [2.05, 4.69) is 42.9 Å². The van der Waals surface area contributed by atoms with Crippen LogP contribution in [0.5, 0.6) is 0 Å². The van der Waals surface area contributed by atoms with Crippen LogP contribution in [0.4, 0.5) is 0 Å². The Hall–Kier alpha value is -0.520. The van der Waals surface area contributed by atoms with E-state index < -0.39 is 0 Å². The van der Waals surface area contributed by atoms with Gasteiger partial charge in [-0.25, -0.2) is 0 Å². The molecule has 0 amide bonds. The first-order valence-corrected chi connectivity index (χ1v) is 8.00. The summed E-state index contributed by atoms with van der Waals surface area (Å²) in [5, 5.41) is 0. The molecule has 3 rings (SSSR count). The Morgan fingerprint density at radius 2 is 2.28 bits per heavy atom. The number of thiophene rings is 1. The van der Waals surface area contributed by atoms with Gasteiger partial charge >= 0.3 is 0 Å². The number of rotatable bonds is 2. The first-order valence-electron chi connectivity index (χ1n) is 5.59. The van der Waals surface area contributed by atoms with Crippen molar-refractivity contribution in [1.29, 1.82) is 0 Å². The van der Waals surface area contributed by atoms with Crippen LogP contribution in [-0.4, -0.2) is 10.8 Å². The number of hydrogen-bond donors (Lipinski definition) is 0. The number of aromatic nitrogens is 1. The Bertz CT molecular complexity index is 604. The average molecular weight is 387 g/mol. The summed E-state index contributed by atoms with van der Waals surface area (Å²) in [6.45, 7) is 0. The highest BCUT2D eigenvalue weighted by atomic mass is 79.9. The Morgan fingerprint density at radius 1 is 1.44 bits per heavy atom.